The van der Waals surface area contributed by atoms with Crippen molar-refractivity contribution in [1.82, 2.24) is 5.32 Å². The third-order valence-corrected chi connectivity index (χ3v) is 3.44. The van der Waals surface area contributed by atoms with Gasteiger partial charge in [-0.2, -0.15) is 0 Å². The number of aryl methyl sites for hydroxylation is 1. The minimum Gasteiger partial charge on any atom is -0.550 e. The Labute approximate surface area is 138 Å². The third kappa shape index (κ3) is 4.39. The van der Waals surface area contributed by atoms with E-state index >= 15 is 0 Å². The van der Waals surface area contributed by atoms with Crippen LogP contribution in [0.3, 0.4) is 0 Å². The molecule has 24 heavy (non-hydrogen) atoms. The van der Waals surface area contributed by atoms with Gasteiger partial charge in [-0.1, -0.05) is 29.8 Å². The number of carbonyl (C=O) groups is 2. The summed E-state index contributed by atoms with van der Waals surface area (Å²) in [6.07, 6.45) is -0.487. The molecule has 0 saturated heterocycles. The van der Waals surface area contributed by atoms with Crippen LogP contribution in [-0.2, 0) is 4.79 Å². The van der Waals surface area contributed by atoms with Crippen LogP contribution in [0.15, 0.2) is 48.5 Å². The number of hydrogen-bond acceptors (Lipinski definition) is 5. The number of amides is 1. The van der Waals surface area contributed by atoms with Gasteiger partial charge in [-0.05, 0) is 24.6 Å². The highest BCUT2D eigenvalue weighted by atomic mass is 16.6. The maximum atomic E-state index is 12.3. The lowest BCUT2D eigenvalue weighted by Gasteiger charge is -2.20. The van der Waals surface area contributed by atoms with Gasteiger partial charge in [0.1, 0.15) is 0 Å². The summed E-state index contributed by atoms with van der Waals surface area (Å²) in [5.74, 6) is -1.83. The number of hydrogen-bond donors (Lipinski definition) is 1. The lowest BCUT2D eigenvalue weighted by Crippen LogP contribution is -2.34. The van der Waals surface area contributed by atoms with E-state index in [4.69, 9.17) is 0 Å². The fourth-order valence-corrected chi connectivity index (χ4v) is 2.30. The van der Waals surface area contributed by atoms with Gasteiger partial charge >= 0.3 is 0 Å². The zero-order chi connectivity index (χ0) is 17.7. The van der Waals surface area contributed by atoms with E-state index in [0.29, 0.717) is 11.1 Å². The van der Waals surface area contributed by atoms with E-state index in [1.54, 1.807) is 18.2 Å². The summed E-state index contributed by atoms with van der Waals surface area (Å²) in [4.78, 5) is 33.6. The zero-order valence-corrected chi connectivity index (χ0v) is 12.9. The molecule has 0 spiro atoms. The largest absolute Gasteiger partial charge is 0.550 e. The summed E-state index contributed by atoms with van der Waals surface area (Å²) >= 11 is 0. The molecule has 7 heteroatoms. The van der Waals surface area contributed by atoms with Crippen molar-refractivity contribution in [2.45, 2.75) is 19.4 Å². The Balaban J connectivity index is 2.28. The molecule has 124 valence electrons. The van der Waals surface area contributed by atoms with Gasteiger partial charge in [-0.15, -0.1) is 0 Å². The molecular weight excluding hydrogens is 312 g/mol. The second-order valence-corrected chi connectivity index (χ2v) is 5.32. The SMILES string of the molecule is Cc1cccc(C(=O)N[C@H](CC(=O)[O-])c2cccc([N+](=O)[O-])c2)c1. The molecule has 7 nitrogen and oxygen atoms in total. The van der Waals surface area contributed by atoms with Crippen molar-refractivity contribution in [2.24, 2.45) is 0 Å². The molecule has 0 aliphatic rings. The normalized spacial score (nSPS) is 11.5. The van der Waals surface area contributed by atoms with Crippen LogP contribution in [0.2, 0.25) is 0 Å². The Hall–Kier alpha value is -3.22. The van der Waals surface area contributed by atoms with Gasteiger partial charge in [0, 0.05) is 30.1 Å². The predicted molar refractivity (Wildman–Crippen MR) is 84.1 cm³/mol. The molecule has 2 aromatic rings. The van der Waals surface area contributed by atoms with E-state index < -0.39 is 29.3 Å². The number of nitrogens with zero attached hydrogens (tertiary/aromatic N) is 1. The topological polar surface area (TPSA) is 112 Å². The molecule has 0 bridgehead atoms. The first-order valence-electron chi connectivity index (χ1n) is 7.18. The van der Waals surface area contributed by atoms with Gasteiger partial charge in [0.15, 0.2) is 0 Å². The molecule has 0 heterocycles. The number of carboxylic acid groups (broad SMARTS) is 1. The maximum absolute atomic E-state index is 12.3. The minimum absolute atomic E-state index is 0.180. The fourth-order valence-electron chi connectivity index (χ4n) is 2.30. The molecule has 1 N–H and O–H groups in total. The quantitative estimate of drug-likeness (QED) is 0.638. The maximum Gasteiger partial charge on any atom is 0.269 e. The number of benzene rings is 2. The van der Waals surface area contributed by atoms with E-state index in [-0.39, 0.29) is 5.69 Å². The van der Waals surface area contributed by atoms with Crippen LogP contribution in [-0.4, -0.2) is 16.8 Å². The Kier molecular flexibility index (Phi) is 5.26. The highest BCUT2D eigenvalue weighted by Gasteiger charge is 2.18. The molecule has 0 saturated carbocycles. The van der Waals surface area contributed by atoms with Crippen molar-refractivity contribution < 1.29 is 19.6 Å². The summed E-state index contributed by atoms with van der Waals surface area (Å²) in [6.45, 7) is 1.83. The minimum atomic E-state index is -1.36. The monoisotopic (exact) mass is 327 g/mol. The molecule has 0 aliphatic heterocycles. The Morgan fingerprint density at radius 2 is 1.88 bits per heavy atom. The summed E-state index contributed by atoms with van der Waals surface area (Å²) in [5, 5.41) is 24.4. The van der Waals surface area contributed by atoms with Crippen LogP contribution >= 0.6 is 0 Å². The standard InChI is InChI=1S/C17H16N2O5/c1-11-4-2-6-13(8-11)17(22)18-15(10-16(20)21)12-5-3-7-14(9-12)19(23)24/h2-9,15H,10H2,1H3,(H,18,22)(H,20,21)/p-1/t15-/m1/s1. The number of rotatable bonds is 6. The van der Waals surface area contributed by atoms with Crippen LogP contribution in [0.5, 0.6) is 0 Å². The zero-order valence-electron chi connectivity index (χ0n) is 12.9. The van der Waals surface area contributed by atoms with E-state index in [1.165, 1.54) is 24.3 Å². The molecule has 0 unspecified atom stereocenters. The fraction of sp³-hybridized carbons (Fsp3) is 0.176. The van der Waals surface area contributed by atoms with E-state index in [2.05, 4.69) is 5.32 Å². The summed E-state index contributed by atoms with van der Waals surface area (Å²) in [7, 11) is 0. The van der Waals surface area contributed by atoms with Gasteiger partial charge in [0.25, 0.3) is 11.6 Å². The molecule has 0 radical (unpaired) electrons. The molecule has 0 fully saturated rings. The van der Waals surface area contributed by atoms with Crippen LogP contribution in [0.4, 0.5) is 5.69 Å². The van der Waals surface area contributed by atoms with Gasteiger partial charge in [-0.3, -0.25) is 14.9 Å². The number of carboxylic acids is 1. The van der Waals surface area contributed by atoms with Crippen LogP contribution in [0.25, 0.3) is 0 Å². The Bertz CT molecular complexity index is 788. The number of non-ortho nitro benzene ring substituents is 1. The van der Waals surface area contributed by atoms with Crippen molar-refractivity contribution in [1.29, 1.82) is 0 Å². The number of aliphatic carboxylic acids is 1. The Morgan fingerprint density at radius 1 is 1.17 bits per heavy atom. The van der Waals surface area contributed by atoms with E-state index in [0.717, 1.165) is 5.56 Å². The van der Waals surface area contributed by atoms with Crippen LogP contribution < -0.4 is 10.4 Å². The lowest BCUT2D eigenvalue weighted by atomic mass is 10.0. The first-order chi connectivity index (χ1) is 11.4. The van der Waals surface area contributed by atoms with Gasteiger partial charge < -0.3 is 15.2 Å². The van der Waals surface area contributed by atoms with Crippen molar-refractivity contribution >= 4 is 17.6 Å². The highest BCUT2D eigenvalue weighted by molar-refractivity contribution is 5.94. The second-order valence-electron chi connectivity index (χ2n) is 5.32. The smallest absolute Gasteiger partial charge is 0.269 e. The van der Waals surface area contributed by atoms with E-state index in [1.807, 2.05) is 13.0 Å². The number of nitro groups is 1. The molecule has 1 amide bonds. The molecular formula is C17H15N2O5-. The molecule has 2 aromatic carbocycles. The lowest BCUT2D eigenvalue weighted by molar-refractivity contribution is -0.385. The molecule has 1 atom stereocenters. The molecule has 0 aliphatic carbocycles. The van der Waals surface area contributed by atoms with Crippen molar-refractivity contribution in [2.75, 3.05) is 0 Å². The first-order valence-corrected chi connectivity index (χ1v) is 7.18. The van der Waals surface area contributed by atoms with Crippen molar-refractivity contribution in [3.63, 3.8) is 0 Å². The average molecular weight is 327 g/mol. The summed E-state index contributed by atoms with van der Waals surface area (Å²) in [5.41, 5.74) is 1.41. The predicted octanol–water partition coefficient (Wildman–Crippen LogP) is 1.51. The number of nitro benzene ring substituents is 1. The van der Waals surface area contributed by atoms with Gasteiger partial charge in [0.05, 0.1) is 11.0 Å². The Morgan fingerprint density at radius 3 is 2.50 bits per heavy atom. The molecule has 2 rings (SSSR count). The van der Waals surface area contributed by atoms with Crippen LogP contribution in [0.1, 0.15) is 33.9 Å². The summed E-state index contributed by atoms with van der Waals surface area (Å²) in [6, 6.07) is 11.4. The van der Waals surface area contributed by atoms with Crippen molar-refractivity contribution in [3.05, 3.63) is 75.3 Å². The molecule has 0 aromatic heterocycles. The van der Waals surface area contributed by atoms with Gasteiger partial charge in [-0.25, -0.2) is 0 Å². The van der Waals surface area contributed by atoms with E-state index in [9.17, 15) is 24.8 Å². The summed E-state index contributed by atoms with van der Waals surface area (Å²) < 4.78 is 0. The first kappa shape index (κ1) is 17.1. The van der Waals surface area contributed by atoms with Crippen molar-refractivity contribution in [3.8, 4) is 0 Å². The third-order valence-electron chi connectivity index (χ3n) is 3.44. The highest BCUT2D eigenvalue weighted by Crippen LogP contribution is 2.22. The number of nitrogens with one attached hydrogen (secondary N) is 1. The average Bonchev–Trinajstić information content (AvgIpc) is 2.54. The van der Waals surface area contributed by atoms with Crippen LogP contribution in [0, 0.1) is 17.0 Å². The number of carbonyl (C=O) groups excluding carboxylic acids is 2. The van der Waals surface area contributed by atoms with Gasteiger partial charge in [0.2, 0.25) is 0 Å². The second kappa shape index (κ2) is 7.36.